The molecule has 2 atom stereocenters. The van der Waals surface area contributed by atoms with Gasteiger partial charge in [0.2, 0.25) is 5.91 Å². The van der Waals surface area contributed by atoms with E-state index in [-0.39, 0.29) is 30.6 Å². The average molecular weight is 554 g/mol. The molecular weight excluding hydrogens is 530 g/mol. The first-order valence-corrected chi connectivity index (χ1v) is 11.7. The van der Waals surface area contributed by atoms with Gasteiger partial charge in [0.25, 0.3) is 5.56 Å². The number of pyridine rings is 1. The van der Waals surface area contributed by atoms with E-state index >= 15 is 0 Å². The third-order valence-electron chi connectivity index (χ3n) is 6.12. The summed E-state index contributed by atoms with van der Waals surface area (Å²) in [5, 5.41) is 11.3. The zero-order chi connectivity index (χ0) is 29.0. The maximum atomic E-state index is 13.7. The number of aryl methyl sites for hydroxylation is 1. The number of carboxylic acid groups (broad SMARTS) is 1. The summed E-state index contributed by atoms with van der Waals surface area (Å²) in [7, 11) is 0. The highest BCUT2D eigenvalue weighted by Crippen LogP contribution is 2.38. The van der Waals surface area contributed by atoms with Crippen molar-refractivity contribution in [2.75, 3.05) is 5.32 Å². The number of alkyl halides is 6. The molecule has 1 aromatic heterocycles. The Hall–Kier alpha value is -4.09. The first kappa shape index (κ1) is 29.5. The molecule has 0 fully saturated rings. The van der Waals surface area contributed by atoms with Gasteiger partial charge in [-0.1, -0.05) is 43.3 Å². The summed E-state index contributed by atoms with van der Waals surface area (Å²) in [6.45, 7) is 0.599. The zero-order valence-electron chi connectivity index (χ0n) is 20.5. The number of hydrogen-bond acceptors (Lipinski definition) is 3. The molecule has 0 unspecified atom stereocenters. The van der Waals surface area contributed by atoms with Crippen LogP contribution in [0.2, 0.25) is 0 Å². The molecule has 0 bridgehead atoms. The molecule has 0 aliphatic heterocycles. The molecule has 2 aromatic carbocycles. The third-order valence-corrected chi connectivity index (χ3v) is 6.12. The minimum atomic E-state index is -4.73. The van der Waals surface area contributed by atoms with Gasteiger partial charge < -0.3 is 15.0 Å². The van der Waals surface area contributed by atoms with E-state index < -0.39 is 47.2 Å². The number of carboxylic acids is 1. The molecule has 1 amide bonds. The minimum absolute atomic E-state index is 0.0134. The number of halogens is 6. The molecule has 208 valence electrons. The van der Waals surface area contributed by atoms with E-state index in [9.17, 15) is 40.7 Å². The number of nitrogens with one attached hydrogen (secondary N) is 1. The van der Waals surface area contributed by atoms with Crippen LogP contribution in [-0.4, -0.2) is 27.7 Å². The van der Waals surface area contributed by atoms with Crippen LogP contribution in [0, 0.1) is 5.92 Å². The Bertz CT molecular complexity index is 1380. The van der Waals surface area contributed by atoms with Gasteiger partial charge in [-0.15, -0.1) is 0 Å². The fraction of sp³-hybridized carbons (Fsp3) is 0.296. The number of aliphatic carboxylic acids is 1. The highest BCUT2D eigenvalue weighted by atomic mass is 19.4. The third kappa shape index (κ3) is 7.95. The van der Waals surface area contributed by atoms with Crippen molar-refractivity contribution in [2.45, 2.75) is 44.6 Å². The van der Waals surface area contributed by atoms with E-state index in [2.05, 4.69) is 5.32 Å². The lowest BCUT2D eigenvalue weighted by Gasteiger charge is -2.26. The Morgan fingerprint density at radius 2 is 1.62 bits per heavy atom. The number of anilines is 1. The van der Waals surface area contributed by atoms with Crippen molar-refractivity contribution in [3.05, 3.63) is 99.5 Å². The fourth-order valence-corrected chi connectivity index (χ4v) is 3.98. The molecule has 3 rings (SSSR count). The number of amides is 1. The zero-order valence-corrected chi connectivity index (χ0v) is 20.5. The van der Waals surface area contributed by atoms with Crippen LogP contribution < -0.4 is 10.9 Å². The fourth-order valence-electron chi connectivity index (χ4n) is 3.98. The maximum absolute atomic E-state index is 13.7. The number of aromatic nitrogens is 1. The van der Waals surface area contributed by atoms with E-state index in [1.807, 2.05) is 0 Å². The monoisotopic (exact) mass is 554 g/mol. The Morgan fingerprint density at radius 1 is 0.949 bits per heavy atom. The summed E-state index contributed by atoms with van der Waals surface area (Å²) >= 11 is 0. The molecule has 0 aliphatic carbocycles. The highest BCUT2D eigenvalue weighted by Gasteiger charge is 2.45. The largest absolute Gasteiger partial charge is 0.481 e. The van der Waals surface area contributed by atoms with Crippen LogP contribution in [0.1, 0.15) is 41.5 Å². The molecule has 0 aliphatic rings. The second-order valence-electron chi connectivity index (χ2n) is 9.01. The lowest BCUT2D eigenvalue weighted by Crippen LogP contribution is -2.34. The van der Waals surface area contributed by atoms with Crippen molar-refractivity contribution in [3.63, 3.8) is 0 Å². The number of nitrogens with zero attached hydrogens (tertiary/aromatic N) is 1. The van der Waals surface area contributed by atoms with Gasteiger partial charge in [-0.25, -0.2) is 0 Å². The van der Waals surface area contributed by atoms with Crippen LogP contribution in [-0.2, 0) is 28.7 Å². The van der Waals surface area contributed by atoms with Gasteiger partial charge in [0.05, 0.1) is 23.9 Å². The SMILES string of the molecule is C[C@H]([C@H](C(=O)Nc1cccc(CCC(=O)O)c1)c1ccc(Cn2cc(C(F)(F)F)ccc2=O)cc1)C(F)(F)F. The number of rotatable bonds is 9. The molecule has 39 heavy (non-hydrogen) atoms. The van der Waals surface area contributed by atoms with E-state index in [0.29, 0.717) is 23.4 Å². The van der Waals surface area contributed by atoms with E-state index in [0.717, 1.165) is 17.6 Å². The summed E-state index contributed by atoms with van der Waals surface area (Å²) in [5.74, 6) is -5.73. The van der Waals surface area contributed by atoms with Gasteiger partial charge in [-0.3, -0.25) is 14.4 Å². The molecular formula is C27H24F6N2O4. The van der Waals surface area contributed by atoms with Crippen LogP contribution in [0.4, 0.5) is 32.0 Å². The first-order valence-electron chi connectivity index (χ1n) is 11.7. The number of carbonyl (C=O) groups excluding carboxylic acids is 1. The minimum Gasteiger partial charge on any atom is -0.481 e. The quantitative estimate of drug-likeness (QED) is 0.325. The van der Waals surface area contributed by atoms with Gasteiger partial charge in [-0.05, 0) is 41.3 Å². The molecule has 12 heteroatoms. The van der Waals surface area contributed by atoms with Crippen molar-refractivity contribution in [2.24, 2.45) is 5.92 Å². The Morgan fingerprint density at radius 3 is 2.21 bits per heavy atom. The van der Waals surface area contributed by atoms with Crippen LogP contribution in [0.3, 0.4) is 0 Å². The van der Waals surface area contributed by atoms with Crippen LogP contribution in [0.5, 0.6) is 0 Å². The second kappa shape index (κ2) is 11.7. The van der Waals surface area contributed by atoms with Crippen molar-refractivity contribution in [1.82, 2.24) is 4.57 Å². The lowest BCUT2D eigenvalue weighted by atomic mass is 9.85. The average Bonchev–Trinajstić information content (AvgIpc) is 2.84. The Kier molecular flexibility index (Phi) is 8.88. The predicted octanol–water partition coefficient (Wildman–Crippen LogP) is 5.85. The molecule has 0 radical (unpaired) electrons. The van der Waals surface area contributed by atoms with E-state index in [1.54, 1.807) is 12.1 Å². The normalized spacial score (nSPS) is 13.5. The predicted molar refractivity (Wildman–Crippen MR) is 130 cm³/mol. The van der Waals surface area contributed by atoms with Crippen molar-refractivity contribution < 1.29 is 41.0 Å². The highest BCUT2D eigenvalue weighted by molar-refractivity contribution is 5.96. The summed E-state index contributed by atoms with van der Waals surface area (Å²) in [6.07, 6.45) is -8.73. The molecule has 0 spiro atoms. The topological polar surface area (TPSA) is 88.4 Å². The number of benzene rings is 2. The molecule has 1 heterocycles. The van der Waals surface area contributed by atoms with Gasteiger partial charge >= 0.3 is 18.3 Å². The molecule has 2 N–H and O–H groups in total. The Labute approximate surface area is 218 Å². The smallest absolute Gasteiger partial charge is 0.417 e. The molecule has 3 aromatic rings. The number of carbonyl (C=O) groups is 2. The molecule has 0 saturated carbocycles. The summed E-state index contributed by atoms with van der Waals surface area (Å²) in [5.41, 5.74) is -0.598. The van der Waals surface area contributed by atoms with Gasteiger partial charge in [-0.2, -0.15) is 26.3 Å². The van der Waals surface area contributed by atoms with Crippen LogP contribution in [0.15, 0.2) is 71.7 Å². The van der Waals surface area contributed by atoms with Gasteiger partial charge in [0, 0.05) is 24.4 Å². The standard InChI is InChI=1S/C27H24F6N2O4/c1-16(26(28,29)30)24(25(39)34-21-4-2-3-17(13-21)7-12-23(37)38)19-8-5-18(6-9-19)14-35-15-20(27(31,32)33)10-11-22(35)36/h2-6,8-11,13,15-16,24H,7,12,14H2,1H3,(H,34,39)(H,37,38)/t16-,24+/m1/s1. The van der Waals surface area contributed by atoms with Crippen LogP contribution >= 0.6 is 0 Å². The Balaban J connectivity index is 1.86. The van der Waals surface area contributed by atoms with E-state index in [4.69, 9.17) is 5.11 Å². The maximum Gasteiger partial charge on any atom is 0.417 e. The number of hydrogen-bond donors (Lipinski definition) is 2. The summed E-state index contributed by atoms with van der Waals surface area (Å²) in [4.78, 5) is 35.9. The van der Waals surface area contributed by atoms with Gasteiger partial charge in [0.1, 0.15) is 0 Å². The van der Waals surface area contributed by atoms with Crippen molar-refractivity contribution >= 4 is 17.6 Å². The van der Waals surface area contributed by atoms with Crippen molar-refractivity contribution in [1.29, 1.82) is 0 Å². The lowest BCUT2D eigenvalue weighted by molar-refractivity contribution is -0.178. The molecule has 0 saturated heterocycles. The van der Waals surface area contributed by atoms with E-state index in [1.165, 1.54) is 36.4 Å². The molecule has 6 nitrogen and oxygen atoms in total. The van der Waals surface area contributed by atoms with Crippen LogP contribution in [0.25, 0.3) is 0 Å². The van der Waals surface area contributed by atoms with Gasteiger partial charge in [0.15, 0.2) is 0 Å². The second-order valence-corrected chi connectivity index (χ2v) is 9.01. The summed E-state index contributed by atoms with van der Waals surface area (Å²) in [6, 6.07) is 12.8. The van der Waals surface area contributed by atoms with Crippen molar-refractivity contribution in [3.8, 4) is 0 Å². The summed E-state index contributed by atoms with van der Waals surface area (Å²) < 4.78 is 81.0. The first-order chi connectivity index (χ1) is 18.1.